The van der Waals surface area contributed by atoms with E-state index in [2.05, 4.69) is 20.9 Å². The summed E-state index contributed by atoms with van der Waals surface area (Å²) in [5.74, 6) is -0.670. The number of guanidine groups is 1. The van der Waals surface area contributed by atoms with Gasteiger partial charge in [0, 0.05) is 36.8 Å². The van der Waals surface area contributed by atoms with Gasteiger partial charge in [-0.3, -0.25) is 19.8 Å². The van der Waals surface area contributed by atoms with Gasteiger partial charge in [0.15, 0.2) is 5.96 Å². The zero-order chi connectivity index (χ0) is 25.5. The van der Waals surface area contributed by atoms with E-state index in [0.29, 0.717) is 35.0 Å². The number of nitrogens with two attached hydrogens (primary N) is 3. The van der Waals surface area contributed by atoms with Crippen molar-refractivity contribution < 1.29 is 14.4 Å². The quantitative estimate of drug-likeness (QED) is 0.180. The molecule has 3 rings (SSSR count). The van der Waals surface area contributed by atoms with Crippen LogP contribution >= 0.6 is 0 Å². The molecule has 0 bridgehead atoms. The van der Waals surface area contributed by atoms with Crippen molar-refractivity contribution in [3.05, 3.63) is 53.3 Å². The van der Waals surface area contributed by atoms with Crippen LogP contribution in [0, 0.1) is 11.3 Å². The maximum absolute atomic E-state index is 12.8. The Hall–Kier alpha value is -4.35. The number of carbonyl (C=O) groups excluding carboxylic acids is 3. The maximum Gasteiger partial charge on any atom is 0.267 e. The number of anilines is 1. The lowest BCUT2D eigenvalue weighted by Gasteiger charge is -2.10. The molecule has 1 aliphatic carbocycles. The largest absolute Gasteiger partial charge is 0.388 e. The predicted octanol–water partition coefficient (Wildman–Crippen LogP) is 0.555. The molecule has 2 aromatic rings. The molecule has 186 valence electrons. The van der Waals surface area contributed by atoms with E-state index in [4.69, 9.17) is 22.6 Å². The van der Waals surface area contributed by atoms with Gasteiger partial charge in [-0.15, -0.1) is 0 Å². The Morgan fingerprint density at radius 3 is 2.29 bits per heavy atom. The minimum Gasteiger partial charge on any atom is -0.388 e. The highest BCUT2D eigenvalue weighted by molar-refractivity contribution is 6.06. The Kier molecular flexibility index (Phi) is 8.08. The minimum absolute atomic E-state index is 0.00149. The van der Waals surface area contributed by atoms with Crippen LogP contribution in [0.15, 0.2) is 41.5 Å². The molecule has 10 N–H and O–H groups in total. The van der Waals surface area contributed by atoms with Crippen LogP contribution in [0.5, 0.6) is 0 Å². The summed E-state index contributed by atoms with van der Waals surface area (Å²) < 4.78 is 1.83. The Balaban J connectivity index is 1.65. The van der Waals surface area contributed by atoms with Gasteiger partial charge in [0.1, 0.15) is 11.9 Å². The molecule has 35 heavy (non-hydrogen) atoms. The number of rotatable bonds is 11. The average molecular weight is 482 g/mol. The second kappa shape index (κ2) is 11.2. The molecule has 0 aliphatic heterocycles. The zero-order valence-corrected chi connectivity index (χ0v) is 19.5. The van der Waals surface area contributed by atoms with Crippen molar-refractivity contribution >= 4 is 35.2 Å². The van der Waals surface area contributed by atoms with Crippen molar-refractivity contribution in [1.82, 2.24) is 15.2 Å². The molecule has 3 amide bonds. The lowest BCUT2D eigenvalue weighted by atomic mass is 10.1. The van der Waals surface area contributed by atoms with Gasteiger partial charge in [-0.1, -0.05) is 0 Å². The minimum atomic E-state index is -0.594. The maximum atomic E-state index is 12.8. The van der Waals surface area contributed by atoms with Gasteiger partial charge in [-0.05, 0) is 56.0 Å². The topological polar surface area (TPSA) is 206 Å². The molecule has 1 atom stereocenters. The number of hydrogen-bond acceptors (Lipinski definition) is 5. The normalized spacial score (nSPS) is 13.4. The van der Waals surface area contributed by atoms with E-state index >= 15 is 0 Å². The average Bonchev–Trinajstić information content (AvgIpc) is 3.51. The van der Waals surface area contributed by atoms with Crippen molar-refractivity contribution in [3.8, 4) is 0 Å². The smallest absolute Gasteiger partial charge is 0.267 e. The standard InChI is InChI=1S/C23H31N9O3/c1-13(30-23(26)27)29-20(33)15-4-6-16(7-5-15)21(34)31-17-10-18(22(35)28-9-8-19(24)25)32(12-17)11-14-2-3-14/h4-7,10,12-14H,2-3,8-9,11H2,1H3,(H3,24,25)(H,28,35)(H,29,33)(H,31,34)(H4,26,27,30). The van der Waals surface area contributed by atoms with Crippen LogP contribution in [0.4, 0.5) is 5.69 Å². The Morgan fingerprint density at radius 2 is 1.71 bits per heavy atom. The number of carbonyl (C=O) groups is 3. The van der Waals surface area contributed by atoms with Gasteiger partial charge in [-0.25, -0.2) is 4.99 Å². The van der Waals surface area contributed by atoms with E-state index < -0.39 is 6.17 Å². The summed E-state index contributed by atoms with van der Waals surface area (Å²) in [7, 11) is 0. The summed E-state index contributed by atoms with van der Waals surface area (Å²) in [6.45, 7) is 2.58. The van der Waals surface area contributed by atoms with E-state index in [-0.39, 0.29) is 42.5 Å². The number of nitrogens with one attached hydrogen (secondary N) is 4. The van der Waals surface area contributed by atoms with Crippen molar-refractivity contribution in [2.75, 3.05) is 11.9 Å². The van der Waals surface area contributed by atoms with E-state index in [1.165, 1.54) is 24.3 Å². The highest BCUT2D eigenvalue weighted by Gasteiger charge is 2.25. The van der Waals surface area contributed by atoms with E-state index in [1.807, 2.05) is 4.57 Å². The molecule has 1 aromatic heterocycles. The Labute approximate surface area is 202 Å². The lowest BCUT2D eigenvalue weighted by molar-refractivity contribution is 0.0934. The molecule has 1 aromatic carbocycles. The first-order chi connectivity index (χ1) is 16.6. The lowest BCUT2D eigenvalue weighted by Crippen LogP contribution is -2.35. The molecule has 1 saturated carbocycles. The third kappa shape index (κ3) is 7.59. The summed E-state index contributed by atoms with van der Waals surface area (Å²) >= 11 is 0. The molecule has 1 unspecified atom stereocenters. The summed E-state index contributed by atoms with van der Waals surface area (Å²) in [6, 6.07) is 7.74. The molecule has 0 spiro atoms. The van der Waals surface area contributed by atoms with Gasteiger partial charge >= 0.3 is 0 Å². The molecule has 1 fully saturated rings. The van der Waals surface area contributed by atoms with Crippen molar-refractivity contribution in [2.24, 2.45) is 28.1 Å². The van der Waals surface area contributed by atoms with Gasteiger partial charge in [-0.2, -0.15) is 0 Å². The SMILES string of the molecule is CC(N=C(N)N)NC(=O)c1ccc(C(=O)Nc2cc(C(=O)NCCC(=N)N)n(CC3CC3)c2)cc1. The number of aromatic nitrogens is 1. The molecule has 1 aliphatic rings. The van der Waals surface area contributed by atoms with Crippen molar-refractivity contribution in [2.45, 2.75) is 38.9 Å². The van der Waals surface area contributed by atoms with E-state index in [9.17, 15) is 14.4 Å². The summed E-state index contributed by atoms with van der Waals surface area (Å²) in [5, 5.41) is 15.5. The Bertz CT molecular complexity index is 1130. The van der Waals surface area contributed by atoms with Crippen LogP contribution in [0.3, 0.4) is 0 Å². The van der Waals surface area contributed by atoms with Crippen LogP contribution < -0.4 is 33.2 Å². The van der Waals surface area contributed by atoms with E-state index in [0.717, 1.165) is 12.8 Å². The number of amides is 3. The number of nitrogens with zero attached hydrogens (tertiary/aromatic N) is 2. The Morgan fingerprint density at radius 1 is 1.09 bits per heavy atom. The summed E-state index contributed by atoms with van der Waals surface area (Å²) in [4.78, 5) is 41.5. The molecular formula is C23H31N9O3. The second-order valence-corrected chi connectivity index (χ2v) is 8.48. The van der Waals surface area contributed by atoms with Gasteiger partial charge in [0.05, 0.1) is 11.5 Å². The van der Waals surface area contributed by atoms with Gasteiger partial charge < -0.3 is 37.7 Å². The van der Waals surface area contributed by atoms with Crippen LogP contribution in [0.25, 0.3) is 0 Å². The van der Waals surface area contributed by atoms with Crippen LogP contribution in [-0.4, -0.2) is 46.8 Å². The van der Waals surface area contributed by atoms with E-state index in [1.54, 1.807) is 19.2 Å². The third-order valence-corrected chi connectivity index (χ3v) is 5.31. The zero-order valence-electron chi connectivity index (χ0n) is 19.5. The second-order valence-electron chi connectivity index (χ2n) is 8.48. The first kappa shape index (κ1) is 25.3. The first-order valence-electron chi connectivity index (χ1n) is 11.2. The number of aliphatic imine (C=N–C) groups is 1. The first-order valence-corrected chi connectivity index (χ1v) is 11.2. The van der Waals surface area contributed by atoms with Crippen molar-refractivity contribution in [3.63, 3.8) is 0 Å². The number of benzene rings is 1. The highest BCUT2D eigenvalue weighted by atomic mass is 16.2. The number of amidine groups is 1. The third-order valence-electron chi connectivity index (χ3n) is 5.31. The predicted molar refractivity (Wildman–Crippen MR) is 133 cm³/mol. The number of hydrogen-bond donors (Lipinski definition) is 7. The fourth-order valence-electron chi connectivity index (χ4n) is 3.41. The molecule has 0 radical (unpaired) electrons. The van der Waals surface area contributed by atoms with Gasteiger partial charge in [0.25, 0.3) is 17.7 Å². The van der Waals surface area contributed by atoms with Crippen LogP contribution in [-0.2, 0) is 6.54 Å². The van der Waals surface area contributed by atoms with Crippen molar-refractivity contribution in [1.29, 1.82) is 5.41 Å². The van der Waals surface area contributed by atoms with Crippen LogP contribution in [0.1, 0.15) is 57.4 Å². The molecular weight excluding hydrogens is 450 g/mol. The highest BCUT2D eigenvalue weighted by Crippen LogP contribution is 2.32. The molecule has 1 heterocycles. The fraction of sp³-hybridized carbons (Fsp3) is 0.348. The monoisotopic (exact) mass is 481 g/mol. The molecule has 12 heteroatoms. The van der Waals surface area contributed by atoms with Crippen LogP contribution in [0.2, 0.25) is 0 Å². The fourth-order valence-corrected chi connectivity index (χ4v) is 3.41. The molecule has 0 saturated heterocycles. The molecule has 12 nitrogen and oxygen atoms in total. The van der Waals surface area contributed by atoms with Gasteiger partial charge in [0.2, 0.25) is 0 Å². The summed E-state index contributed by atoms with van der Waals surface area (Å²) in [6.07, 6.45) is 3.62. The summed E-state index contributed by atoms with van der Waals surface area (Å²) in [5.41, 5.74) is 17.6.